The topological polar surface area (TPSA) is 21.6 Å². The highest BCUT2D eigenvalue weighted by atomic mass is 16.7. The van der Waals surface area contributed by atoms with Crippen molar-refractivity contribution in [3.8, 4) is 0 Å². The molecule has 2 heteroatoms. The molecule has 0 spiro atoms. The summed E-state index contributed by atoms with van der Waals surface area (Å²) in [4.78, 5) is 4.59. The van der Waals surface area contributed by atoms with Gasteiger partial charge < -0.3 is 4.84 Å². The van der Waals surface area contributed by atoms with Gasteiger partial charge in [0.15, 0.2) is 6.10 Å². The van der Waals surface area contributed by atoms with Crippen LogP contribution in [0.4, 0.5) is 0 Å². The monoisotopic (exact) mass is 69.0 g/mol. The van der Waals surface area contributed by atoms with Gasteiger partial charge >= 0.3 is 0 Å². The molecule has 1 aliphatic carbocycles. The van der Waals surface area contributed by atoms with Crippen molar-refractivity contribution in [1.82, 2.24) is 0 Å². The third-order valence-corrected chi connectivity index (χ3v) is 0.903. The van der Waals surface area contributed by atoms with E-state index in [9.17, 15) is 0 Å². The van der Waals surface area contributed by atoms with E-state index in [-0.39, 0.29) is 0 Å². The first-order chi connectivity index (χ1) is 2.47. The molecule has 2 aliphatic rings. The summed E-state index contributed by atoms with van der Waals surface area (Å²) in [5.41, 5.74) is 1.25. The summed E-state index contributed by atoms with van der Waals surface area (Å²) < 4.78 is 0. The van der Waals surface area contributed by atoms with Crippen LogP contribution in [-0.4, -0.2) is 11.8 Å². The standard InChI is InChI=1S/C3H3NO/c1-2-3(1)5-4-2/h3H,1H2. The van der Waals surface area contributed by atoms with Crippen LogP contribution < -0.4 is 0 Å². The number of hydrogen-bond donors (Lipinski definition) is 0. The van der Waals surface area contributed by atoms with Crippen LogP contribution in [0.1, 0.15) is 6.42 Å². The third-order valence-electron chi connectivity index (χ3n) is 0.903. The number of hydrogen-bond acceptors (Lipinski definition) is 2. The number of fused-ring (bicyclic) bond motifs is 1. The molecule has 1 saturated carbocycles. The minimum atomic E-state index is 0.481. The van der Waals surface area contributed by atoms with Gasteiger partial charge in [0, 0.05) is 6.42 Å². The predicted octanol–water partition coefficient (Wildman–Crippen LogP) is 0.145. The van der Waals surface area contributed by atoms with Crippen LogP contribution in [0.15, 0.2) is 5.16 Å². The van der Waals surface area contributed by atoms with E-state index in [1.165, 1.54) is 5.71 Å². The second-order valence-corrected chi connectivity index (χ2v) is 1.38. The molecule has 0 N–H and O–H groups in total. The molecular formula is C3H3NO. The van der Waals surface area contributed by atoms with E-state index in [2.05, 4.69) is 9.99 Å². The molecule has 0 aromatic carbocycles. The fraction of sp³-hybridized carbons (Fsp3) is 0.667. The first-order valence-corrected chi connectivity index (χ1v) is 1.69. The maximum Gasteiger partial charge on any atom is 0.174 e. The Balaban J connectivity index is 2.58. The Bertz CT molecular complexity index is 95.1. The van der Waals surface area contributed by atoms with Gasteiger partial charge in [0.2, 0.25) is 0 Å². The van der Waals surface area contributed by atoms with Gasteiger partial charge in [0.05, 0.1) is 0 Å². The minimum absolute atomic E-state index is 0.481. The van der Waals surface area contributed by atoms with Crippen molar-refractivity contribution in [2.75, 3.05) is 0 Å². The molecule has 0 bridgehead atoms. The van der Waals surface area contributed by atoms with Crippen molar-refractivity contribution in [3.05, 3.63) is 0 Å². The average Bonchev–Trinajstić information content (AvgIpc) is 1.74. The Hall–Kier alpha value is -0.530. The van der Waals surface area contributed by atoms with Crippen LogP contribution >= 0.6 is 0 Å². The highest BCUT2D eigenvalue weighted by molar-refractivity contribution is 6.05. The molecular weight excluding hydrogens is 66.0 g/mol. The van der Waals surface area contributed by atoms with Crippen LogP contribution in [0.5, 0.6) is 0 Å². The molecule has 1 fully saturated rings. The SMILES string of the molecule is C1C2=NOC12. The minimum Gasteiger partial charge on any atom is -0.386 e. The summed E-state index contributed by atoms with van der Waals surface area (Å²) in [6.07, 6.45) is 1.59. The molecule has 2 nitrogen and oxygen atoms in total. The summed E-state index contributed by atoms with van der Waals surface area (Å²) >= 11 is 0. The van der Waals surface area contributed by atoms with E-state index >= 15 is 0 Å². The van der Waals surface area contributed by atoms with Gasteiger partial charge in [-0.05, 0) is 0 Å². The molecule has 5 heavy (non-hydrogen) atoms. The molecule has 1 unspecified atom stereocenters. The van der Waals surface area contributed by atoms with E-state index < -0.39 is 0 Å². The van der Waals surface area contributed by atoms with E-state index in [1.54, 1.807) is 0 Å². The lowest BCUT2D eigenvalue weighted by Crippen LogP contribution is -1.98. The first-order valence-electron chi connectivity index (χ1n) is 1.69. The van der Waals surface area contributed by atoms with E-state index in [0.717, 1.165) is 6.42 Å². The molecule has 26 valence electrons. The molecule has 1 heterocycles. The van der Waals surface area contributed by atoms with E-state index in [0.29, 0.717) is 6.10 Å². The zero-order valence-electron chi connectivity index (χ0n) is 2.64. The van der Waals surface area contributed by atoms with Crippen LogP contribution in [-0.2, 0) is 4.84 Å². The lowest BCUT2D eigenvalue weighted by atomic mass is 10.8. The lowest BCUT2D eigenvalue weighted by Gasteiger charge is -1.95. The maximum atomic E-state index is 4.59. The average molecular weight is 69.1 g/mol. The highest BCUT2D eigenvalue weighted by Gasteiger charge is 2.42. The molecule has 0 radical (unpaired) electrons. The van der Waals surface area contributed by atoms with Crippen molar-refractivity contribution >= 4 is 5.71 Å². The summed E-state index contributed by atoms with van der Waals surface area (Å²) in [5, 5.41) is 3.56. The lowest BCUT2D eigenvalue weighted by molar-refractivity contribution is 0.118. The molecule has 0 amide bonds. The maximum absolute atomic E-state index is 4.59. The van der Waals surface area contributed by atoms with Crippen LogP contribution in [0.3, 0.4) is 0 Å². The summed E-state index contributed by atoms with van der Waals surface area (Å²) in [7, 11) is 0. The van der Waals surface area contributed by atoms with E-state index in [4.69, 9.17) is 0 Å². The Labute approximate surface area is 29.4 Å². The van der Waals surface area contributed by atoms with Crippen LogP contribution in [0, 0.1) is 0 Å². The smallest absolute Gasteiger partial charge is 0.174 e. The molecule has 0 aromatic heterocycles. The van der Waals surface area contributed by atoms with E-state index in [1.807, 2.05) is 0 Å². The fourth-order valence-corrected chi connectivity index (χ4v) is 0.407. The highest BCUT2D eigenvalue weighted by Crippen LogP contribution is 2.29. The van der Waals surface area contributed by atoms with Gasteiger partial charge in [-0.15, -0.1) is 0 Å². The Kier molecular flexibility index (Phi) is 0.106. The van der Waals surface area contributed by atoms with Crippen LogP contribution in [0.2, 0.25) is 0 Å². The van der Waals surface area contributed by atoms with Gasteiger partial charge in [0.1, 0.15) is 5.71 Å². The Morgan fingerprint density at radius 2 is 2.80 bits per heavy atom. The Morgan fingerprint density at radius 3 is 2.80 bits per heavy atom. The van der Waals surface area contributed by atoms with Gasteiger partial charge in [-0.3, -0.25) is 0 Å². The molecule has 2 rings (SSSR count). The summed E-state index contributed by atoms with van der Waals surface area (Å²) in [6.45, 7) is 0. The third kappa shape index (κ3) is 0.0684. The van der Waals surface area contributed by atoms with Crippen molar-refractivity contribution in [2.45, 2.75) is 12.5 Å². The van der Waals surface area contributed by atoms with Crippen molar-refractivity contribution < 1.29 is 4.84 Å². The van der Waals surface area contributed by atoms with Crippen LogP contribution in [0.25, 0.3) is 0 Å². The predicted molar refractivity (Wildman–Crippen MR) is 16.9 cm³/mol. The summed E-state index contributed by atoms with van der Waals surface area (Å²) in [5.74, 6) is 0. The van der Waals surface area contributed by atoms with Gasteiger partial charge in [0.25, 0.3) is 0 Å². The summed E-state index contributed by atoms with van der Waals surface area (Å²) in [6, 6.07) is 0. The zero-order valence-corrected chi connectivity index (χ0v) is 2.64. The number of oxime groups is 1. The first kappa shape index (κ1) is 1.80. The Morgan fingerprint density at radius 1 is 2.00 bits per heavy atom. The van der Waals surface area contributed by atoms with Gasteiger partial charge in [-0.2, -0.15) is 0 Å². The van der Waals surface area contributed by atoms with Crippen molar-refractivity contribution in [2.24, 2.45) is 5.16 Å². The zero-order chi connectivity index (χ0) is 3.28. The van der Waals surface area contributed by atoms with Gasteiger partial charge in [-0.1, -0.05) is 5.16 Å². The largest absolute Gasteiger partial charge is 0.386 e. The molecule has 1 aliphatic heterocycles. The normalized spacial score (nSPS) is 40.0. The second kappa shape index (κ2) is 0.295. The van der Waals surface area contributed by atoms with Gasteiger partial charge in [-0.25, -0.2) is 0 Å². The fourth-order valence-electron chi connectivity index (χ4n) is 0.407. The van der Waals surface area contributed by atoms with Crippen molar-refractivity contribution in [1.29, 1.82) is 0 Å². The molecule has 0 saturated heterocycles. The number of nitrogens with zero attached hydrogens (tertiary/aromatic N) is 1. The quantitative estimate of drug-likeness (QED) is 0.396. The number of rotatable bonds is 0. The molecule has 1 atom stereocenters. The molecule has 0 aromatic rings. The second-order valence-electron chi connectivity index (χ2n) is 1.38. The van der Waals surface area contributed by atoms with Crippen molar-refractivity contribution in [3.63, 3.8) is 0 Å².